The van der Waals surface area contributed by atoms with Gasteiger partial charge in [-0.3, -0.25) is 33.6 Å². The van der Waals surface area contributed by atoms with Crippen LogP contribution in [-0.4, -0.2) is 261 Å². The van der Waals surface area contributed by atoms with Crippen molar-refractivity contribution in [3.63, 3.8) is 0 Å². The lowest BCUT2D eigenvalue weighted by molar-refractivity contribution is -0.371. The lowest BCUT2D eigenvalue weighted by Crippen LogP contribution is -2.65. The van der Waals surface area contributed by atoms with E-state index in [1.54, 1.807) is 17.7 Å². The predicted molar refractivity (Wildman–Crippen MR) is 343 cm³/mol. The standard InChI is InChI=1S/C43H65N9O18S3.C9H13N5O2.C3H9N3O/c1-18(37(62)52-29(20(3)55)39(64)47-9-7-28-50-23(16-71-28)40-51-22(15-72-40)38(63)46-8-6-10-73(4)5)30(57)19(2)49-27(56)11-24(21-12-45-17-48-21)66-42-36(33(60)31(58)25(13-53)68-42)69-41-34(61)35(70-43(44)65)32(59)26(14-54)67-41;1-4-7(9(12)16)13-6(14-8(4)11)3-2-5(10)15;4-1-2(5)3(6)7/h12,15-20,24-26,29-36,41-42,53-55,57-61H,6-11,13-14H2,1-5H3,(H6-,44,45,46,47,48,49,52,56,62,63,64,65);2-3H2,1H3,(H2,10,15)(H2,12,16)(H2,11,13,14);2H,1,4-5H2,(H2,6,7)/p+1/t18-,19+,20+,24+,25?,26?,29-,30-,31?,32?,33?,34?,35?,36?,41?,42?;;2-/m0.0/s1. The van der Waals surface area contributed by atoms with Gasteiger partial charge in [0.2, 0.25) is 29.5 Å². The minimum Gasteiger partial charge on any atom is -0.441 e. The summed E-state index contributed by atoms with van der Waals surface area (Å²) in [5, 5.41) is 100. The van der Waals surface area contributed by atoms with Crippen LogP contribution in [0.25, 0.3) is 10.7 Å². The molecule has 0 saturated carbocycles. The Bertz CT molecular complexity index is 3170. The fourth-order valence-corrected chi connectivity index (χ4v) is 11.3. The number of aliphatic hydroxyl groups excluding tert-OH is 8. The second kappa shape index (κ2) is 39.2. The molecule has 2 aliphatic heterocycles. The van der Waals surface area contributed by atoms with E-state index in [4.69, 9.17) is 63.8 Å². The summed E-state index contributed by atoms with van der Waals surface area (Å²) in [6, 6.07) is -3.24. The largest absolute Gasteiger partial charge is 0.441 e. The number of aryl methyl sites for hydroxylation is 1. The van der Waals surface area contributed by atoms with Crippen molar-refractivity contribution in [3.05, 3.63) is 56.8 Å². The molecule has 536 valence electrons. The van der Waals surface area contributed by atoms with E-state index in [0.717, 1.165) is 12.2 Å². The van der Waals surface area contributed by atoms with Gasteiger partial charge in [0.1, 0.15) is 94.4 Å². The van der Waals surface area contributed by atoms with Gasteiger partial charge in [0, 0.05) is 61.6 Å². The Labute approximate surface area is 560 Å². The van der Waals surface area contributed by atoms with Crippen molar-refractivity contribution in [2.45, 2.75) is 158 Å². The number of aromatic amines is 1. The van der Waals surface area contributed by atoms with E-state index in [0.29, 0.717) is 50.8 Å². The molecule has 6 rings (SSSR count). The average Bonchev–Trinajstić information content (AvgIpc) is 0.990. The van der Waals surface area contributed by atoms with Crippen LogP contribution in [0.3, 0.4) is 0 Å². The molecule has 0 radical (unpaired) electrons. The minimum atomic E-state index is -2.00. The van der Waals surface area contributed by atoms with Gasteiger partial charge in [-0.25, -0.2) is 29.7 Å². The summed E-state index contributed by atoms with van der Waals surface area (Å²) in [6.07, 6.45) is -15.8. The predicted octanol–water partition coefficient (Wildman–Crippen LogP) is -7.47. The van der Waals surface area contributed by atoms with E-state index in [9.17, 15) is 79.2 Å². The molecule has 41 heteroatoms. The SMILES string of the molecule is C[C@H](C(=O)N[C@H](C(=O)NCCc1nc(-c2nc(C(=O)NCCC[S+](C)C)cs2)cs1)[C@@H](C)O)[C@H](O)[C@@H](C)NC(=O)C[C@@H](OC1OC(CO)C(O)C(O)C1OC1OC(CO)C(O)C(OC(N)=O)C1O)c1cnc[nH]1.Cc1c(N)nc(CCC(N)=O)nc1C(N)=O.NC[C@H](N)C(N)=O. The van der Waals surface area contributed by atoms with Crippen LogP contribution in [0.5, 0.6) is 0 Å². The summed E-state index contributed by atoms with van der Waals surface area (Å²) in [5.41, 5.74) is 37.0. The molecular formula is C55H88N17O21S3+. The molecule has 6 heterocycles. The van der Waals surface area contributed by atoms with Crippen molar-refractivity contribution in [3.8, 4) is 10.7 Å². The van der Waals surface area contributed by atoms with Crippen LogP contribution in [0.2, 0.25) is 0 Å². The van der Waals surface area contributed by atoms with Crippen LogP contribution in [-0.2, 0) is 71.4 Å². The van der Waals surface area contributed by atoms with Crippen molar-refractivity contribution >= 4 is 86.8 Å². The van der Waals surface area contributed by atoms with Gasteiger partial charge in [-0.1, -0.05) is 6.92 Å². The van der Waals surface area contributed by atoms with Crippen LogP contribution in [0, 0.1) is 12.8 Å². The van der Waals surface area contributed by atoms with E-state index in [2.05, 4.69) is 63.7 Å². The Morgan fingerprint density at radius 3 is 2.04 bits per heavy atom. The van der Waals surface area contributed by atoms with Crippen molar-refractivity contribution in [1.29, 1.82) is 0 Å². The van der Waals surface area contributed by atoms with Crippen LogP contribution in [0.4, 0.5) is 10.6 Å². The Hall–Kier alpha value is -7.30. The number of aromatic nitrogens is 6. The topological polar surface area (TPSA) is 655 Å². The van der Waals surface area contributed by atoms with Gasteiger partial charge in [-0.2, -0.15) is 0 Å². The Kier molecular flexibility index (Phi) is 33.1. The van der Waals surface area contributed by atoms with E-state index in [1.807, 2.05) is 0 Å². The van der Waals surface area contributed by atoms with Crippen LogP contribution < -0.4 is 61.4 Å². The number of thiazole rings is 2. The number of nitrogens with one attached hydrogen (secondary N) is 5. The fourth-order valence-electron chi connectivity index (χ4n) is 8.95. The lowest BCUT2D eigenvalue weighted by atomic mass is 9.96. The first kappa shape index (κ1) is 81.1. The fraction of sp³-hybridized carbons (Fsp3) is 0.618. The highest BCUT2D eigenvalue weighted by molar-refractivity contribution is 7.95. The van der Waals surface area contributed by atoms with Gasteiger partial charge in [-0.05, 0) is 31.7 Å². The van der Waals surface area contributed by atoms with Gasteiger partial charge < -0.3 is 131 Å². The third kappa shape index (κ3) is 24.4. The maximum absolute atomic E-state index is 13.6. The first-order valence-corrected chi connectivity index (χ1v) is 33.6. The number of imidazole rings is 1. The molecule has 17 atom stereocenters. The smallest absolute Gasteiger partial charge is 0.404 e. The van der Waals surface area contributed by atoms with Crippen molar-refractivity contribution < 1.29 is 103 Å². The highest BCUT2D eigenvalue weighted by atomic mass is 32.2. The third-order valence-corrected chi connectivity index (χ3v) is 17.3. The van der Waals surface area contributed by atoms with E-state index in [1.165, 1.54) is 56.0 Å². The summed E-state index contributed by atoms with van der Waals surface area (Å²) < 4.78 is 28.0. The number of anilines is 1. The molecule has 4 aromatic rings. The molecule has 0 aliphatic carbocycles. The van der Waals surface area contributed by atoms with Crippen molar-refractivity contribution in [2.24, 2.45) is 40.3 Å². The number of carbonyl (C=O) groups excluding carboxylic acids is 8. The van der Waals surface area contributed by atoms with Crippen LogP contribution in [0.15, 0.2) is 23.3 Å². The number of nitrogen functional groups attached to an aromatic ring is 1. The summed E-state index contributed by atoms with van der Waals surface area (Å²) in [5.74, 6) is -4.03. The third-order valence-electron chi connectivity index (χ3n) is 14.5. The number of H-pyrrole nitrogens is 1. The zero-order chi connectivity index (χ0) is 71.8. The number of ether oxygens (including phenoxy) is 5. The maximum atomic E-state index is 13.6. The minimum absolute atomic E-state index is 0.0759. The summed E-state index contributed by atoms with van der Waals surface area (Å²) in [6.45, 7) is 4.72. The molecule has 27 N–H and O–H groups in total. The van der Waals surface area contributed by atoms with Crippen LogP contribution in [0.1, 0.15) is 89.2 Å². The van der Waals surface area contributed by atoms with E-state index in [-0.39, 0.29) is 54.9 Å². The number of rotatable bonds is 32. The summed E-state index contributed by atoms with van der Waals surface area (Å²) in [7, 11) is 0.292. The number of amides is 8. The number of nitrogens with zero attached hydrogens (tertiary/aromatic N) is 5. The number of nitrogens with two attached hydrogens (primary N) is 7. The highest BCUT2D eigenvalue weighted by Gasteiger charge is 2.53. The van der Waals surface area contributed by atoms with Crippen molar-refractivity contribution in [2.75, 3.05) is 56.8 Å². The van der Waals surface area contributed by atoms with Gasteiger partial charge in [0.25, 0.3) is 11.8 Å². The number of hydrogen-bond acceptors (Lipinski definition) is 31. The number of hydrogen-bond donors (Lipinski definition) is 20. The quantitative estimate of drug-likeness (QED) is 0.0160. The van der Waals surface area contributed by atoms with E-state index >= 15 is 0 Å². The molecular weight excluding hydrogens is 1330 g/mol. The number of primary amides is 4. The number of carbonyl (C=O) groups is 8. The zero-order valence-corrected chi connectivity index (χ0v) is 55.7. The molecule has 2 aliphatic rings. The normalized spacial score (nSPS) is 23.0. The van der Waals surface area contributed by atoms with Crippen molar-refractivity contribution in [1.82, 2.24) is 51.2 Å². The maximum Gasteiger partial charge on any atom is 0.404 e. The molecule has 96 heavy (non-hydrogen) atoms. The lowest BCUT2D eigenvalue weighted by Gasteiger charge is -2.46. The Morgan fingerprint density at radius 2 is 1.47 bits per heavy atom. The second-order valence-corrected chi connectivity index (χ2v) is 26.4. The monoisotopic (exact) mass is 1420 g/mol. The molecule has 2 saturated heterocycles. The highest BCUT2D eigenvalue weighted by Crippen LogP contribution is 2.34. The van der Waals surface area contributed by atoms with Gasteiger partial charge >= 0.3 is 6.09 Å². The molecule has 0 spiro atoms. The molecule has 38 nitrogen and oxygen atoms in total. The van der Waals surface area contributed by atoms with Crippen LogP contribution >= 0.6 is 22.7 Å². The van der Waals surface area contributed by atoms with Gasteiger partial charge in [-0.15, -0.1) is 22.7 Å². The first-order valence-electron chi connectivity index (χ1n) is 29.7. The molecule has 0 bridgehead atoms. The van der Waals surface area contributed by atoms with E-state index < -0.39 is 165 Å². The van der Waals surface area contributed by atoms with Gasteiger partial charge in [0.05, 0.1) is 85.6 Å². The average molecular weight is 1420 g/mol. The summed E-state index contributed by atoms with van der Waals surface area (Å²) >= 11 is 2.61. The Morgan fingerprint density at radius 1 is 0.802 bits per heavy atom. The Balaban J connectivity index is 0.000000716. The second-order valence-electron chi connectivity index (χ2n) is 22.2. The molecule has 8 amide bonds. The summed E-state index contributed by atoms with van der Waals surface area (Å²) in [4.78, 5) is 120. The molecule has 4 aromatic heterocycles. The molecule has 2 fully saturated rings. The molecule has 10 unspecified atom stereocenters. The number of aliphatic hydroxyl groups is 8. The zero-order valence-electron chi connectivity index (χ0n) is 53.3. The van der Waals surface area contributed by atoms with Gasteiger partial charge in [0.15, 0.2) is 18.7 Å². The molecule has 0 aromatic carbocycles. The first-order chi connectivity index (χ1) is 45.2.